The molecule has 0 spiro atoms. The number of aromatic nitrogens is 4. The Kier molecular flexibility index (Phi) is 9.69. The summed E-state index contributed by atoms with van der Waals surface area (Å²) in [6.45, 7) is 13.1. The topological polar surface area (TPSA) is 113 Å². The summed E-state index contributed by atoms with van der Waals surface area (Å²) >= 11 is 6.50. The van der Waals surface area contributed by atoms with Crippen LogP contribution >= 0.6 is 11.6 Å². The molecule has 2 saturated heterocycles. The zero-order chi connectivity index (χ0) is 23.6. The number of ether oxygens (including phenoxy) is 2. The van der Waals surface area contributed by atoms with Gasteiger partial charge in [-0.05, 0) is 6.42 Å². The van der Waals surface area contributed by atoms with Crippen molar-refractivity contribution in [3.63, 3.8) is 0 Å². The molecule has 4 heterocycles. The average Bonchev–Trinajstić information content (AvgIpc) is 2.86. The lowest BCUT2D eigenvalue weighted by molar-refractivity contribution is 0.0398. The summed E-state index contributed by atoms with van der Waals surface area (Å²) in [5.74, 6) is 1.73. The van der Waals surface area contributed by atoms with Crippen LogP contribution in [0.25, 0.3) is 11.2 Å². The van der Waals surface area contributed by atoms with E-state index < -0.39 is 0 Å². The summed E-state index contributed by atoms with van der Waals surface area (Å²) in [6, 6.07) is 0. The number of morpholine rings is 2. The first-order valence-electron chi connectivity index (χ1n) is 12.3. The Morgan fingerprint density at radius 2 is 1.38 bits per heavy atom. The van der Waals surface area contributed by atoms with Crippen molar-refractivity contribution in [2.45, 2.75) is 19.8 Å². The van der Waals surface area contributed by atoms with Gasteiger partial charge in [0.15, 0.2) is 28.0 Å². The molecule has 0 saturated carbocycles. The number of nitrogens with zero attached hydrogens (tertiary/aromatic N) is 6. The molecule has 0 aromatic carbocycles. The minimum Gasteiger partial charge on any atom is -0.379 e. The lowest BCUT2D eigenvalue weighted by Crippen LogP contribution is -2.39. The first kappa shape index (κ1) is 25.1. The van der Waals surface area contributed by atoms with E-state index in [2.05, 4.69) is 47.6 Å². The van der Waals surface area contributed by atoms with E-state index in [0.29, 0.717) is 33.9 Å². The van der Waals surface area contributed by atoms with Crippen LogP contribution in [0, 0.1) is 0 Å². The van der Waals surface area contributed by atoms with Crippen molar-refractivity contribution in [3.8, 4) is 0 Å². The lowest BCUT2D eigenvalue weighted by atomic mass is 10.3. The first-order chi connectivity index (χ1) is 16.7. The fraction of sp³-hybridized carbons (Fsp3) is 0.727. The van der Waals surface area contributed by atoms with Crippen molar-refractivity contribution in [2.75, 3.05) is 101 Å². The minimum absolute atomic E-state index is 0.320. The zero-order valence-corrected chi connectivity index (χ0v) is 20.7. The third-order valence-electron chi connectivity index (χ3n) is 5.95. The molecule has 3 N–H and O–H groups in total. The second-order valence-corrected chi connectivity index (χ2v) is 8.83. The summed E-state index contributed by atoms with van der Waals surface area (Å²) < 4.78 is 10.8. The van der Waals surface area contributed by atoms with Gasteiger partial charge in [-0.15, -0.1) is 0 Å². The Morgan fingerprint density at radius 1 is 0.765 bits per heavy atom. The summed E-state index contributed by atoms with van der Waals surface area (Å²) in [7, 11) is 0. The van der Waals surface area contributed by atoms with Crippen LogP contribution < -0.4 is 16.0 Å². The van der Waals surface area contributed by atoms with Crippen LogP contribution in [0.15, 0.2) is 0 Å². The van der Waals surface area contributed by atoms with E-state index in [0.717, 1.165) is 98.2 Å². The van der Waals surface area contributed by atoms with Gasteiger partial charge in [-0.3, -0.25) is 9.80 Å². The number of hydrogen-bond donors (Lipinski definition) is 3. The van der Waals surface area contributed by atoms with Crippen molar-refractivity contribution in [3.05, 3.63) is 5.15 Å². The predicted molar refractivity (Wildman–Crippen MR) is 135 cm³/mol. The van der Waals surface area contributed by atoms with E-state index >= 15 is 0 Å². The fourth-order valence-corrected chi connectivity index (χ4v) is 4.13. The number of nitrogens with one attached hydrogen (secondary N) is 3. The highest BCUT2D eigenvalue weighted by Crippen LogP contribution is 2.25. The van der Waals surface area contributed by atoms with Crippen LogP contribution in [0.4, 0.5) is 17.6 Å². The van der Waals surface area contributed by atoms with Crippen molar-refractivity contribution in [2.24, 2.45) is 0 Å². The molecule has 0 amide bonds. The third kappa shape index (κ3) is 7.22. The standard InChI is InChI=1S/C22H36ClN9O2/c1-2-3-4-26-22-29-19(24-5-7-31-9-13-33-14-10-31)17-20(30-22)28-21(18(23)27-17)25-6-8-32-11-15-34-16-12-32/h2-16H2,1H3,(H3,24,25,26,28,29,30). The van der Waals surface area contributed by atoms with Crippen LogP contribution in [0.1, 0.15) is 19.8 Å². The molecular formula is C22H36ClN9O2. The van der Waals surface area contributed by atoms with Gasteiger partial charge in [0.1, 0.15) is 0 Å². The molecule has 2 aromatic heterocycles. The van der Waals surface area contributed by atoms with Gasteiger partial charge >= 0.3 is 0 Å². The number of anilines is 3. The highest BCUT2D eigenvalue weighted by molar-refractivity contribution is 6.32. The van der Waals surface area contributed by atoms with Gasteiger partial charge < -0.3 is 25.4 Å². The van der Waals surface area contributed by atoms with Crippen molar-refractivity contribution < 1.29 is 9.47 Å². The summed E-state index contributed by atoms with van der Waals surface area (Å²) in [6.07, 6.45) is 2.14. The van der Waals surface area contributed by atoms with E-state index in [1.54, 1.807) is 0 Å². The van der Waals surface area contributed by atoms with Crippen LogP contribution in [-0.2, 0) is 9.47 Å². The molecule has 2 aliphatic heterocycles. The first-order valence-corrected chi connectivity index (χ1v) is 12.7. The van der Waals surface area contributed by atoms with Crippen LogP contribution in [-0.4, -0.2) is 115 Å². The van der Waals surface area contributed by atoms with E-state index in [1.807, 2.05) is 0 Å². The molecule has 188 valence electrons. The van der Waals surface area contributed by atoms with Crippen LogP contribution in [0.3, 0.4) is 0 Å². The van der Waals surface area contributed by atoms with Crippen LogP contribution in [0.2, 0.25) is 5.15 Å². The molecule has 34 heavy (non-hydrogen) atoms. The smallest absolute Gasteiger partial charge is 0.226 e. The van der Waals surface area contributed by atoms with E-state index in [9.17, 15) is 0 Å². The van der Waals surface area contributed by atoms with Crippen LogP contribution in [0.5, 0.6) is 0 Å². The Labute approximate surface area is 206 Å². The van der Waals surface area contributed by atoms with Gasteiger partial charge in [-0.25, -0.2) is 9.97 Å². The number of rotatable bonds is 12. The number of fused-ring (bicyclic) bond motifs is 1. The predicted octanol–water partition coefficient (Wildman–Crippen LogP) is 1.77. The molecule has 2 aliphatic rings. The molecule has 0 unspecified atom stereocenters. The second-order valence-electron chi connectivity index (χ2n) is 8.47. The maximum atomic E-state index is 6.50. The van der Waals surface area contributed by atoms with Crippen molar-refractivity contribution in [1.82, 2.24) is 29.7 Å². The summed E-state index contributed by atoms with van der Waals surface area (Å²) in [5.41, 5.74) is 1.09. The zero-order valence-electron chi connectivity index (χ0n) is 20.0. The summed E-state index contributed by atoms with van der Waals surface area (Å²) in [5, 5.41) is 10.4. The van der Waals surface area contributed by atoms with Crippen molar-refractivity contribution in [1.29, 1.82) is 0 Å². The maximum absolute atomic E-state index is 6.50. The highest BCUT2D eigenvalue weighted by Gasteiger charge is 2.16. The largest absolute Gasteiger partial charge is 0.379 e. The number of hydrogen-bond acceptors (Lipinski definition) is 11. The Bertz CT molecular complexity index is 908. The molecule has 2 fully saturated rings. The minimum atomic E-state index is 0.320. The molecule has 11 nitrogen and oxygen atoms in total. The molecule has 0 aliphatic carbocycles. The van der Waals surface area contributed by atoms with E-state index in [4.69, 9.17) is 26.1 Å². The normalized spacial score (nSPS) is 17.7. The van der Waals surface area contributed by atoms with E-state index in [-0.39, 0.29) is 0 Å². The highest BCUT2D eigenvalue weighted by atomic mass is 35.5. The fourth-order valence-electron chi connectivity index (χ4n) is 3.93. The molecular weight excluding hydrogens is 458 g/mol. The number of unbranched alkanes of at least 4 members (excludes halogenated alkanes) is 1. The Balaban J connectivity index is 1.46. The van der Waals surface area contributed by atoms with Gasteiger partial charge in [-0.1, -0.05) is 24.9 Å². The average molecular weight is 494 g/mol. The molecule has 4 rings (SSSR count). The van der Waals surface area contributed by atoms with Gasteiger partial charge in [0.2, 0.25) is 5.95 Å². The maximum Gasteiger partial charge on any atom is 0.226 e. The van der Waals surface area contributed by atoms with Gasteiger partial charge in [0.25, 0.3) is 0 Å². The SMILES string of the molecule is CCCCNc1nc(NCCN2CCOCC2)c2nc(Cl)c(NCCN3CCOCC3)nc2n1. The third-order valence-corrected chi connectivity index (χ3v) is 6.21. The molecule has 2 aromatic rings. The Hall–Kier alpha value is -2.05. The van der Waals surface area contributed by atoms with E-state index in [1.165, 1.54) is 0 Å². The van der Waals surface area contributed by atoms with Gasteiger partial charge in [0, 0.05) is 58.9 Å². The Morgan fingerprint density at radius 3 is 2.00 bits per heavy atom. The molecule has 0 bridgehead atoms. The number of halogens is 1. The lowest BCUT2D eigenvalue weighted by Gasteiger charge is -2.26. The van der Waals surface area contributed by atoms with Gasteiger partial charge in [-0.2, -0.15) is 9.97 Å². The van der Waals surface area contributed by atoms with Crippen molar-refractivity contribution >= 4 is 40.3 Å². The molecule has 0 radical (unpaired) electrons. The summed E-state index contributed by atoms with van der Waals surface area (Å²) in [4.78, 5) is 23.3. The second kappa shape index (κ2) is 13.1. The quantitative estimate of drug-likeness (QED) is 0.376. The van der Waals surface area contributed by atoms with Gasteiger partial charge in [0.05, 0.1) is 26.4 Å². The molecule has 0 atom stereocenters. The monoisotopic (exact) mass is 493 g/mol. The molecule has 12 heteroatoms.